The Bertz CT molecular complexity index is 836. The Hall–Kier alpha value is -1.85. The number of halogens is 1. The van der Waals surface area contributed by atoms with Crippen LogP contribution in [0.3, 0.4) is 0 Å². The molecule has 0 saturated heterocycles. The third kappa shape index (κ3) is 2.22. The number of rotatable bonds is 2. The lowest BCUT2D eigenvalue weighted by atomic mass is 10.1. The van der Waals surface area contributed by atoms with E-state index in [4.69, 9.17) is 11.6 Å². The highest BCUT2D eigenvalue weighted by atomic mass is 35.5. The molecule has 1 atom stereocenters. The van der Waals surface area contributed by atoms with E-state index >= 15 is 0 Å². The summed E-state index contributed by atoms with van der Waals surface area (Å²) in [5.74, 6) is 0. The van der Waals surface area contributed by atoms with E-state index in [0.717, 1.165) is 11.1 Å². The molecule has 2 N–H and O–H groups in total. The molecule has 2 heterocycles. The zero-order chi connectivity index (χ0) is 13.4. The fraction of sp³-hybridized carbons (Fsp3) is 0.0769. The van der Waals surface area contributed by atoms with Gasteiger partial charge in [-0.3, -0.25) is 9.59 Å². The van der Waals surface area contributed by atoms with Gasteiger partial charge >= 0.3 is 11.1 Å². The summed E-state index contributed by atoms with van der Waals surface area (Å²) in [5, 5.41) is 3.67. The highest BCUT2D eigenvalue weighted by Crippen LogP contribution is 2.30. The van der Waals surface area contributed by atoms with Crippen molar-refractivity contribution in [3.63, 3.8) is 0 Å². The highest BCUT2D eigenvalue weighted by molar-refractivity contribution is 7.08. The number of hydrogen-bond acceptors (Lipinski definition) is 3. The van der Waals surface area contributed by atoms with E-state index in [1.165, 1.54) is 0 Å². The average molecular weight is 293 g/mol. The first kappa shape index (κ1) is 12.2. The van der Waals surface area contributed by atoms with E-state index in [-0.39, 0.29) is 5.38 Å². The molecule has 19 heavy (non-hydrogen) atoms. The predicted octanol–water partition coefficient (Wildman–Crippen LogP) is 2.61. The molecule has 0 saturated carbocycles. The van der Waals surface area contributed by atoms with Gasteiger partial charge in [0.2, 0.25) is 0 Å². The number of hydrogen-bond donors (Lipinski definition) is 2. The summed E-state index contributed by atoms with van der Waals surface area (Å²) >= 11 is 7.97. The van der Waals surface area contributed by atoms with Crippen LogP contribution in [0.5, 0.6) is 0 Å². The highest BCUT2D eigenvalue weighted by Gasteiger charge is 2.12. The number of aromatic nitrogens is 2. The number of fused-ring (bicyclic) bond motifs is 1. The Kier molecular flexibility index (Phi) is 3.00. The second kappa shape index (κ2) is 4.68. The van der Waals surface area contributed by atoms with Crippen molar-refractivity contribution in [2.75, 3.05) is 0 Å². The normalized spacial score (nSPS) is 12.7. The zero-order valence-electron chi connectivity index (χ0n) is 9.64. The number of alkyl halides is 1. The van der Waals surface area contributed by atoms with Crippen LogP contribution in [-0.2, 0) is 0 Å². The minimum atomic E-state index is -0.661. The summed E-state index contributed by atoms with van der Waals surface area (Å²) in [5.41, 5.74) is 1.73. The number of H-pyrrole nitrogens is 2. The van der Waals surface area contributed by atoms with Gasteiger partial charge in [0.25, 0.3) is 0 Å². The maximum absolute atomic E-state index is 11.3. The van der Waals surface area contributed by atoms with E-state index in [1.54, 1.807) is 23.5 Å². The fourth-order valence-electron chi connectivity index (χ4n) is 1.90. The molecule has 0 radical (unpaired) electrons. The fourth-order valence-corrected chi connectivity index (χ4v) is 2.93. The zero-order valence-corrected chi connectivity index (χ0v) is 11.2. The smallest absolute Gasteiger partial charge is 0.314 e. The van der Waals surface area contributed by atoms with Crippen molar-refractivity contribution in [1.82, 2.24) is 9.97 Å². The molecule has 0 amide bonds. The van der Waals surface area contributed by atoms with Crippen LogP contribution in [0, 0.1) is 0 Å². The number of thiophene rings is 1. The first-order valence-corrected chi connectivity index (χ1v) is 6.95. The second-order valence-electron chi connectivity index (χ2n) is 4.13. The summed E-state index contributed by atoms with van der Waals surface area (Å²) in [7, 11) is 0. The van der Waals surface area contributed by atoms with Gasteiger partial charge in [-0.1, -0.05) is 6.07 Å². The van der Waals surface area contributed by atoms with Crippen LogP contribution in [0.15, 0.2) is 44.6 Å². The monoisotopic (exact) mass is 292 g/mol. The van der Waals surface area contributed by atoms with Gasteiger partial charge in [0.05, 0.1) is 16.4 Å². The maximum atomic E-state index is 11.3. The molecular weight excluding hydrogens is 284 g/mol. The second-order valence-corrected chi connectivity index (χ2v) is 5.35. The average Bonchev–Trinajstić information content (AvgIpc) is 2.93. The molecule has 3 rings (SSSR count). The first-order chi connectivity index (χ1) is 9.15. The molecule has 0 fully saturated rings. The van der Waals surface area contributed by atoms with Crippen molar-refractivity contribution in [3.05, 3.63) is 66.9 Å². The number of aromatic amines is 2. The minimum absolute atomic E-state index is 0.272. The van der Waals surface area contributed by atoms with E-state index in [9.17, 15) is 9.59 Å². The van der Waals surface area contributed by atoms with Crippen molar-refractivity contribution in [3.8, 4) is 0 Å². The number of benzene rings is 1. The summed E-state index contributed by atoms with van der Waals surface area (Å²) in [6, 6.07) is 7.32. The van der Waals surface area contributed by atoms with Crippen LogP contribution < -0.4 is 11.1 Å². The van der Waals surface area contributed by atoms with Gasteiger partial charge in [0.1, 0.15) is 0 Å². The molecule has 0 aliphatic carbocycles. The quantitative estimate of drug-likeness (QED) is 0.563. The van der Waals surface area contributed by atoms with Gasteiger partial charge in [0.15, 0.2) is 0 Å². The Morgan fingerprint density at radius 3 is 2.42 bits per heavy atom. The molecule has 1 aromatic carbocycles. The summed E-state index contributed by atoms with van der Waals surface area (Å²) in [4.78, 5) is 27.6. The Morgan fingerprint density at radius 2 is 1.74 bits per heavy atom. The molecule has 2 aromatic heterocycles. The molecular formula is C13H9ClN2O2S. The van der Waals surface area contributed by atoms with E-state index in [0.29, 0.717) is 11.0 Å². The molecule has 6 heteroatoms. The van der Waals surface area contributed by atoms with E-state index in [1.807, 2.05) is 22.9 Å². The van der Waals surface area contributed by atoms with Gasteiger partial charge in [-0.15, -0.1) is 11.6 Å². The van der Waals surface area contributed by atoms with Crippen molar-refractivity contribution >= 4 is 34.0 Å². The lowest BCUT2D eigenvalue weighted by molar-refractivity contribution is 1.12. The molecule has 4 nitrogen and oxygen atoms in total. The van der Waals surface area contributed by atoms with Crippen LogP contribution in [0.2, 0.25) is 0 Å². The van der Waals surface area contributed by atoms with Gasteiger partial charge in [0, 0.05) is 0 Å². The lowest BCUT2D eigenvalue weighted by Gasteiger charge is -2.09. The van der Waals surface area contributed by atoms with Gasteiger partial charge in [-0.25, -0.2) is 0 Å². The van der Waals surface area contributed by atoms with Crippen molar-refractivity contribution in [2.45, 2.75) is 5.38 Å². The topological polar surface area (TPSA) is 65.7 Å². The predicted molar refractivity (Wildman–Crippen MR) is 77.2 cm³/mol. The van der Waals surface area contributed by atoms with Crippen LogP contribution in [-0.4, -0.2) is 9.97 Å². The van der Waals surface area contributed by atoms with Crippen LogP contribution in [0.25, 0.3) is 11.0 Å². The van der Waals surface area contributed by atoms with E-state index < -0.39 is 11.1 Å². The third-order valence-electron chi connectivity index (χ3n) is 2.87. The Morgan fingerprint density at radius 1 is 1.00 bits per heavy atom. The molecule has 1 unspecified atom stereocenters. The molecule has 0 aliphatic heterocycles. The minimum Gasteiger partial charge on any atom is -0.316 e. The first-order valence-electron chi connectivity index (χ1n) is 5.57. The Labute approximate surface area is 116 Å². The molecule has 0 spiro atoms. The van der Waals surface area contributed by atoms with Crippen molar-refractivity contribution in [2.24, 2.45) is 0 Å². The molecule has 0 aliphatic rings. The Balaban J connectivity index is 2.14. The van der Waals surface area contributed by atoms with Gasteiger partial charge < -0.3 is 9.97 Å². The molecule has 0 bridgehead atoms. The number of nitrogens with one attached hydrogen (secondary N) is 2. The lowest BCUT2D eigenvalue weighted by Crippen LogP contribution is -2.28. The summed E-state index contributed by atoms with van der Waals surface area (Å²) in [6.45, 7) is 0. The van der Waals surface area contributed by atoms with Crippen LogP contribution >= 0.6 is 22.9 Å². The van der Waals surface area contributed by atoms with Crippen LogP contribution in [0.1, 0.15) is 16.5 Å². The molecule has 96 valence electrons. The van der Waals surface area contributed by atoms with Gasteiger partial charge in [-0.2, -0.15) is 11.3 Å². The third-order valence-corrected chi connectivity index (χ3v) is 4.08. The van der Waals surface area contributed by atoms with Crippen LogP contribution in [0.4, 0.5) is 0 Å². The maximum Gasteiger partial charge on any atom is 0.314 e. The molecule has 3 aromatic rings. The standard InChI is InChI=1S/C13H9ClN2O2S/c14-11(8-3-4-19-6-8)7-1-2-9-10(5-7)16-13(18)12(17)15-9/h1-6,11H,(H,15,17)(H,16,18). The van der Waals surface area contributed by atoms with Crippen molar-refractivity contribution in [1.29, 1.82) is 0 Å². The largest absolute Gasteiger partial charge is 0.316 e. The van der Waals surface area contributed by atoms with Gasteiger partial charge in [-0.05, 0) is 40.1 Å². The summed E-state index contributed by atoms with van der Waals surface area (Å²) < 4.78 is 0. The SMILES string of the molecule is O=c1[nH]c2ccc(C(Cl)c3ccsc3)cc2[nH]c1=O. The van der Waals surface area contributed by atoms with Crippen molar-refractivity contribution < 1.29 is 0 Å². The summed E-state index contributed by atoms with van der Waals surface area (Å²) in [6.07, 6.45) is 0. The van der Waals surface area contributed by atoms with E-state index in [2.05, 4.69) is 9.97 Å².